The van der Waals surface area contributed by atoms with Gasteiger partial charge in [-0.3, -0.25) is 9.69 Å². The van der Waals surface area contributed by atoms with Gasteiger partial charge in [0.05, 0.1) is 19.7 Å². The maximum Gasteiger partial charge on any atom is 0.234 e. The van der Waals surface area contributed by atoms with Crippen LogP contribution in [0.15, 0.2) is 24.3 Å². The molecule has 0 spiro atoms. The highest BCUT2D eigenvalue weighted by Crippen LogP contribution is 2.17. The van der Waals surface area contributed by atoms with Crippen LogP contribution in [-0.2, 0) is 4.79 Å². The fraction of sp³-hybridized carbons (Fsp3) is 0.611. The summed E-state index contributed by atoms with van der Waals surface area (Å²) in [5.74, 6) is 1.67. The van der Waals surface area contributed by atoms with Gasteiger partial charge in [0, 0.05) is 25.7 Å². The summed E-state index contributed by atoms with van der Waals surface area (Å²) < 4.78 is 11.0. The smallest absolute Gasteiger partial charge is 0.234 e. The lowest BCUT2D eigenvalue weighted by Crippen LogP contribution is -2.53. The Morgan fingerprint density at radius 3 is 2.50 bits per heavy atom. The van der Waals surface area contributed by atoms with E-state index in [1.807, 2.05) is 31.2 Å². The molecule has 1 aliphatic heterocycles. The molecule has 1 unspecified atom stereocenters. The van der Waals surface area contributed by atoms with E-state index in [1.54, 1.807) is 0 Å². The number of carbonyl (C=O) groups is 1. The van der Waals surface area contributed by atoms with Crippen LogP contribution in [0.3, 0.4) is 0 Å². The zero-order valence-electron chi connectivity index (χ0n) is 15.0. The molecule has 0 saturated carbocycles. The molecule has 1 N–H and O–H groups in total. The molecule has 1 amide bonds. The number of amides is 1. The summed E-state index contributed by atoms with van der Waals surface area (Å²) in [6.07, 6.45) is 0. The Morgan fingerprint density at radius 2 is 1.88 bits per heavy atom. The highest BCUT2D eigenvalue weighted by molar-refractivity contribution is 5.78. The SMILES string of the molecule is CCOc1ccc(OCCNC(=O)CN2CCN(C)CC2C)cc1. The van der Waals surface area contributed by atoms with E-state index in [2.05, 4.69) is 29.1 Å². The zero-order chi connectivity index (χ0) is 17.4. The Balaban J connectivity index is 1.62. The van der Waals surface area contributed by atoms with E-state index in [9.17, 15) is 4.79 Å². The van der Waals surface area contributed by atoms with E-state index < -0.39 is 0 Å². The number of nitrogens with one attached hydrogen (secondary N) is 1. The molecule has 1 aromatic rings. The van der Waals surface area contributed by atoms with Gasteiger partial charge in [0.15, 0.2) is 0 Å². The van der Waals surface area contributed by atoms with Crippen LogP contribution in [-0.4, -0.2) is 74.7 Å². The van der Waals surface area contributed by atoms with E-state index in [4.69, 9.17) is 9.47 Å². The molecule has 0 bridgehead atoms. The lowest BCUT2D eigenvalue weighted by atomic mass is 10.2. The highest BCUT2D eigenvalue weighted by atomic mass is 16.5. The number of likely N-dealkylation sites (N-methyl/N-ethyl adjacent to an activating group) is 1. The van der Waals surface area contributed by atoms with Crippen molar-refractivity contribution in [3.05, 3.63) is 24.3 Å². The number of piperazine rings is 1. The third-order valence-electron chi connectivity index (χ3n) is 4.14. The van der Waals surface area contributed by atoms with Gasteiger partial charge < -0.3 is 19.7 Å². The minimum absolute atomic E-state index is 0.0571. The van der Waals surface area contributed by atoms with E-state index >= 15 is 0 Å². The molecule has 1 heterocycles. The molecule has 2 rings (SSSR count). The summed E-state index contributed by atoms with van der Waals surface area (Å²) >= 11 is 0. The Labute approximate surface area is 144 Å². The van der Waals surface area contributed by atoms with Crippen molar-refractivity contribution in [2.75, 3.05) is 53.0 Å². The first-order valence-electron chi connectivity index (χ1n) is 8.63. The fourth-order valence-electron chi connectivity index (χ4n) is 2.81. The normalized spacial score (nSPS) is 19.0. The van der Waals surface area contributed by atoms with Crippen molar-refractivity contribution in [3.63, 3.8) is 0 Å². The van der Waals surface area contributed by atoms with Gasteiger partial charge in [-0.1, -0.05) is 0 Å². The summed E-state index contributed by atoms with van der Waals surface area (Å²) in [6.45, 7) is 9.15. The van der Waals surface area contributed by atoms with Gasteiger partial charge in [-0.2, -0.15) is 0 Å². The van der Waals surface area contributed by atoms with Gasteiger partial charge in [0.2, 0.25) is 5.91 Å². The monoisotopic (exact) mass is 335 g/mol. The molecule has 0 aromatic heterocycles. The fourth-order valence-corrected chi connectivity index (χ4v) is 2.81. The Hall–Kier alpha value is -1.79. The molecule has 24 heavy (non-hydrogen) atoms. The third-order valence-corrected chi connectivity index (χ3v) is 4.14. The second kappa shape index (κ2) is 9.49. The van der Waals surface area contributed by atoms with E-state index in [-0.39, 0.29) is 5.91 Å². The lowest BCUT2D eigenvalue weighted by molar-refractivity contribution is -0.123. The van der Waals surface area contributed by atoms with Crippen LogP contribution in [0.25, 0.3) is 0 Å². The van der Waals surface area contributed by atoms with Gasteiger partial charge in [-0.05, 0) is 45.2 Å². The molecule has 1 atom stereocenters. The van der Waals surface area contributed by atoms with Crippen molar-refractivity contribution in [1.29, 1.82) is 0 Å². The predicted octanol–water partition coefficient (Wildman–Crippen LogP) is 1.22. The van der Waals surface area contributed by atoms with Crippen LogP contribution < -0.4 is 14.8 Å². The Morgan fingerprint density at radius 1 is 1.21 bits per heavy atom. The van der Waals surface area contributed by atoms with Crippen LogP contribution in [0, 0.1) is 0 Å². The molecule has 1 aromatic carbocycles. The topological polar surface area (TPSA) is 54.0 Å². The van der Waals surface area contributed by atoms with Gasteiger partial charge >= 0.3 is 0 Å². The standard InChI is InChI=1S/C18H29N3O3/c1-4-23-16-5-7-17(8-6-16)24-12-9-19-18(22)14-21-11-10-20(3)13-15(21)2/h5-8,15H,4,9-14H2,1-3H3,(H,19,22). The maximum absolute atomic E-state index is 12.0. The minimum atomic E-state index is 0.0571. The van der Waals surface area contributed by atoms with Crippen molar-refractivity contribution in [2.45, 2.75) is 19.9 Å². The molecule has 1 fully saturated rings. The van der Waals surface area contributed by atoms with Crippen LogP contribution in [0.1, 0.15) is 13.8 Å². The number of ether oxygens (including phenoxy) is 2. The zero-order valence-corrected chi connectivity index (χ0v) is 15.0. The highest BCUT2D eigenvalue weighted by Gasteiger charge is 2.22. The van der Waals surface area contributed by atoms with Crippen LogP contribution in [0.2, 0.25) is 0 Å². The average Bonchev–Trinajstić information content (AvgIpc) is 2.56. The van der Waals surface area contributed by atoms with Crippen molar-refractivity contribution >= 4 is 5.91 Å². The van der Waals surface area contributed by atoms with Crippen molar-refractivity contribution in [1.82, 2.24) is 15.1 Å². The lowest BCUT2D eigenvalue weighted by Gasteiger charge is -2.37. The summed E-state index contributed by atoms with van der Waals surface area (Å²) in [4.78, 5) is 16.5. The first kappa shape index (κ1) is 18.5. The third kappa shape index (κ3) is 6.02. The predicted molar refractivity (Wildman–Crippen MR) is 94.6 cm³/mol. The molecule has 0 aliphatic carbocycles. The Kier molecular flexibility index (Phi) is 7.34. The number of carbonyl (C=O) groups excluding carboxylic acids is 1. The van der Waals surface area contributed by atoms with Crippen LogP contribution in [0.5, 0.6) is 11.5 Å². The minimum Gasteiger partial charge on any atom is -0.494 e. The number of hydrogen-bond acceptors (Lipinski definition) is 5. The number of rotatable bonds is 8. The van der Waals surface area contributed by atoms with Crippen LogP contribution in [0.4, 0.5) is 0 Å². The molecule has 1 saturated heterocycles. The van der Waals surface area contributed by atoms with E-state index in [0.29, 0.717) is 32.3 Å². The van der Waals surface area contributed by atoms with Gasteiger partial charge in [-0.25, -0.2) is 0 Å². The molecule has 134 valence electrons. The first-order chi connectivity index (χ1) is 11.6. The van der Waals surface area contributed by atoms with Gasteiger partial charge in [0.25, 0.3) is 0 Å². The summed E-state index contributed by atoms with van der Waals surface area (Å²) in [5.41, 5.74) is 0. The Bertz CT molecular complexity index is 507. The van der Waals surface area contributed by atoms with Crippen molar-refractivity contribution < 1.29 is 14.3 Å². The van der Waals surface area contributed by atoms with Crippen LogP contribution >= 0.6 is 0 Å². The van der Waals surface area contributed by atoms with Crippen molar-refractivity contribution in [3.8, 4) is 11.5 Å². The van der Waals surface area contributed by atoms with E-state index in [1.165, 1.54) is 0 Å². The quantitative estimate of drug-likeness (QED) is 0.724. The molecule has 6 nitrogen and oxygen atoms in total. The molecular formula is C18H29N3O3. The molecule has 1 aliphatic rings. The molecular weight excluding hydrogens is 306 g/mol. The maximum atomic E-state index is 12.0. The average molecular weight is 335 g/mol. The molecule has 0 radical (unpaired) electrons. The first-order valence-corrected chi connectivity index (χ1v) is 8.63. The number of benzene rings is 1. The van der Waals surface area contributed by atoms with E-state index in [0.717, 1.165) is 31.1 Å². The van der Waals surface area contributed by atoms with Gasteiger partial charge in [-0.15, -0.1) is 0 Å². The summed E-state index contributed by atoms with van der Waals surface area (Å²) in [7, 11) is 2.12. The largest absolute Gasteiger partial charge is 0.494 e. The second-order valence-electron chi connectivity index (χ2n) is 6.18. The summed E-state index contributed by atoms with van der Waals surface area (Å²) in [6, 6.07) is 7.92. The van der Waals surface area contributed by atoms with Crippen molar-refractivity contribution in [2.24, 2.45) is 0 Å². The summed E-state index contributed by atoms with van der Waals surface area (Å²) in [5, 5.41) is 2.92. The molecule has 6 heteroatoms. The number of hydrogen-bond donors (Lipinski definition) is 1. The van der Waals surface area contributed by atoms with Gasteiger partial charge in [0.1, 0.15) is 18.1 Å². The second-order valence-corrected chi connectivity index (χ2v) is 6.18. The number of nitrogens with zero attached hydrogens (tertiary/aromatic N) is 2.